The van der Waals surface area contributed by atoms with E-state index in [1.54, 1.807) is 29.7 Å². The van der Waals surface area contributed by atoms with Gasteiger partial charge in [0.1, 0.15) is 5.82 Å². The van der Waals surface area contributed by atoms with Gasteiger partial charge in [-0.25, -0.2) is 4.39 Å². The SMILES string of the molecule is C[C@H](Oc1nnc2ccccn12)C(=O)Nc1ccc(F)cc1Cl. The summed E-state index contributed by atoms with van der Waals surface area (Å²) in [6, 6.07) is 9.30. The van der Waals surface area contributed by atoms with Crippen molar-refractivity contribution in [3.8, 4) is 6.01 Å². The maximum absolute atomic E-state index is 13.0. The zero-order chi connectivity index (χ0) is 16.4. The van der Waals surface area contributed by atoms with Gasteiger partial charge in [0, 0.05) is 6.20 Å². The van der Waals surface area contributed by atoms with Crippen molar-refractivity contribution in [1.29, 1.82) is 0 Å². The predicted molar refractivity (Wildman–Crippen MR) is 83.1 cm³/mol. The highest BCUT2D eigenvalue weighted by Gasteiger charge is 2.19. The highest BCUT2D eigenvalue weighted by atomic mass is 35.5. The minimum atomic E-state index is -0.844. The lowest BCUT2D eigenvalue weighted by Gasteiger charge is -2.13. The summed E-state index contributed by atoms with van der Waals surface area (Å²) in [5.74, 6) is -0.918. The number of ether oxygens (including phenoxy) is 1. The number of aromatic nitrogens is 3. The first-order chi connectivity index (χ1) is 11.0. The molecule has 3 aromatic rings. The molecule has 2 aromatic heterocycles. The van der Waals surface area contributed by atoms with Crippen LogP contribution in [0, 0.1) is 5.82 Å². The molecule has 0 aliphatic rings. The largest absolute Gasteiger partial charge is 0.450 e. The molecule has 0 bridgehead atoms. The fraction of sp³-hybridized carbons (Fsp3) is 0.133. The molecule has 6 nitrogen and oxygen atoms in total. The van der Waals surface area contributed by atoms with Gasteiger partial charge in [-0.15, -0.1) is 5.10 Å². The number of nitrogens with zero attached hydrogens (tertiary/aromatic N) is 3. The van der Waals surface area contributed by atoms with Crippen molar-refractivity contribution in [3.05, 3.63) is 53.4 Å². The maximum Gasteiger partial charge on any atom is 0.322 e. The number of hydrogen-bond donors (Lipinski definition) is 1. The van der Waals surface area contributed by atoms with Gasteiger partial charge in [0.2, 0.25) is 0 Å². The highest BCUT2D eigenvalue weighted by Crippen LogP contribution is 2.22. The lowest BCUT2D eigenvalue weighted by Crippen LogP contribution is -2.30. The fourth-order valence-corrected chi connectivity index (χ4v) is 2.15. The van der Waals surface area contributed by atoms with Crippen molar-refractivity contribution >= 4 is 28.8 Å². The molecular weight excluding hydrogens is 323 g/mol. The van der Waals surface area contributed by atoms with Crippen LogP contribution in [0.3, 0.4) is 0 Å². The molecule has 0 spiro atoms. The van der Waals surface area contributed by atoms with E-state index in [2.05, 4.69) is 15.5 Å². The molecule has 0 saturated heterocycles. The van der Waals surface area contributed by atoms with Crippen LogP contribution >= 0.6 is 11.6 Å². The molecule has 0 unspecified atom stereocenters. The van der Waals surface area contributed by atoms with Gasteiger partial charge >= 0.3 is 6.01 Å². The molecule has 0 aliphatic heterocycles. The minimum Gasteiger partial charge on any atom is -0.450 e. The molecule has 3 rings (SSSR count). The van der Waals surface area contributed by atoms with E-state index in [1.807, 2.05) is 6.07 Å². The number of benzene rings is 1. The van der Waals surface area contributed by atoms with Crippen LogP contribution in [0.5, 0.6) is 6.01 Å². The van der Waals surface area contributed by atoms with Crippen molar-refractivity contribution < 1.29 is 13.9 Å². The first kappa shape index (κ1) is 15.2. The van der Waals surface area contributed by atoms with E-state index in [1.165, 1.54) is 12.1 Å². The average Bonchev–Trinajstić information content (AvgIpc) is 2.93. The first-order valence-corrected chi connectivity index (χ1v) is 7.15. The van der Waals surface area contributed by atoms with Gasteiger partial charge in [-0.1, -0.05) is 22.8 Å². The second kappa shape index (κ2) is 6.21. The Balaban J connectivity index is 1.72. The van der Waals surface area contributed by atoms with E-state index in [9.17, 15) is 9.18 Å². The van der Waals surface area contributed by atoms with Crippen molar-refractivity contribution in [2.45, 2.75) is 13.0 Å². The average molecular weight is 335 g/mol. The Kier molecular flexibility index (Phi) is 4.12. The molecule has 118 valence electrons. The second-order valence-electron chi connectivity index (χ2n) is 4.78. The Morgan fingerprint density at radius 2 is 2.17 bits per heavy atom. The fourth-order valence-electron chi connectivity index (χ4n) is 1.94. The number of rotatable bonds is 4. The third kappa shape index (κ3) is 3.24. The molecule has 1 atom stereocenters. The topological polar surface area (TPSA) is 68.5 Å². The van der Waals surface area contributed by atoms with Crippen molar-refractivity contribution in [2.75, 3.05) is 5.32 Å². The zero-order valence-corrected chi connectivity index (χ0v) is 12.8. The standard InChI is InChI=1S/C15H12ClFN4O2/c1-9(14(22)18-12-6-5-10(17)8-11(12)16)23-15-20-19-13-4-2-3-7-21(13)15/h2-9H,1H3,(H,18,22)/t9-/m0/s1. The number of fused-ring (bicyclic) bond motifs is 1. The molecule has 1 aromatic carbocycles. The van der Waals surface area contributed by atoms with E-state index >= 15 is 0 Å². The Morgan fingerprint density at radius 1 is 1.35 bits per heavy atom. The predicted octanol–water partition coefficient (Wildman–Crippen LogP) is 2.93. The summed E-state index contributed by atoms with van der Waals surface area (Å²) < 4.78 is 20.1. The number of halogens is 2. The molecule has 0 saturated carbocycles. The van der Waals surface area contributed by atoms with Gasteiger partial charge < -0.3 is 10.1 Å². The van der Waals surface area contributed by atoms with Crippen molar-refractivity contribution in [3.63, 3.8) is 0 Å². The Morgan fingerprint density at radius 3 is 2.96 bits per heavy atom. The van der Waals surface area contributed by atoms with Crippen LogP contribution in [0.4, 0.5) is 10.1 Å². The van der Waals surface area contributed by atoms with Gasteiger partial charge in [0.05, 0.1) is 10.7 Å². The zero-order valence-electron chi connectivity index (χ0n) is 12.0. The summed E-state index contributed by atoms with van der Waals surface area (Å²) in [6.45, 7) is 1.57. The second-order valence-corrected chi connectivity index (χ2v) is 5.19. The number of carbonyl (C=O) groups excluding carboxylic acids is 1. The summed E-state index contributed by atoms with van der Waals surface area (Å²) in [6.07, 6.45) is 0.885. The van der Waals surface area contributed by atoms with Crippen LogP contribution in [0.1, 0.15) is 6.92 Å². The Hall–Kier alpha value is -2.67. The number of nitrogens with one attached hydrogen (secondary N) is 1. The third-order valence-electron chi connectivity index (χ3n) is 3.12. The lowest BCUT2D eigenvalue weighted by molar-refractivity contribution is -0.122. The van der Waals surface area contributed by atoms with Crippen LogP contribution in [-0.2, 0) is 4.79 Å². The van der Waals surface area contributed by atoms with Crippen molar-refractivity contribution in [2.24, 2.45) is 0 Å². The number of anilines is 1. The van der Waals surface area contributed by atoms with Crippen molar-refractivity contribution in [1.82, 2.24) is 14.6 Å². The number of amides is 1. The first-order valence-electron chi connectivity index (χ1n) is 6.77. The quantitative estimate of drug-likeness (QED) is 0.796. The van der Waals surface area contributed by atoms with E-state index in [4.69, 9.17) is 16.3 Å². The molecule has 0 fully saturated rings. The molecule has 0 radical (unpaired) electrons. The maximum atomic E-state index is 13.0. The monoisotopic (exact) mass is 334 g/mol. The Labute approximate surface area is 135 Å². The number of carbonyl (C=O) groups is 1. The van der Waals surface area contributed by atoms with E-state index in [0.29, 0.717) is 11.3 Å². The normalized spacial score (nSPS) is 12.1. The summed E-state index contributed by atoms with van der Waals surface area (Å²) in [5.41, 5.74) is 0.913. The van der Waals surface area contributed by atoms with E-state index in [0.717, 1.165) is 6.07 Å². The van der Waals surface area contributed by atoms with Crippen LogP contribution in [0.25, 0.3) is 5.65 Å². The van der Waals surface area contributed by atoms with Gasteiger partial charge in [0.25, 0.3) is 5.91 Å². The minimum absolute atomic E-state index is 0.110. The van der Waals surface area contributed by atoms with Gasteiger partial charge in [-0.2, -0.15) is 0 Å². The van der Waals surface area contributed by atoms with Gasteiger partial charge in [-0.3, -0.25) is 9.20 Å². The molecule has 2 heterocycles. The smallest absolute Gasteiger partial charge is 0.322 e. The summed E-state index contributed by atoms with van der Waals surface area (Å²) in [7, 11) is 0. The molecule has 1 amide bonds. The summed E-state index contributed by atoms with van der Waals surface area (Å²) >= 11 is 5.88. The highest BCUT2D eigenvalue weighted by molar-refractivity contribution is 6.33. The van der Waals surface area contributed by atoms with E-state index < -0.39 is 17.8 Å². The van der Waals surface area contributed by atoms with Crippen LogP contribution in [0.15, 0.2) is 42.6 Å². The van der Waals surface area contributed by atoms with E-state index in [-0.39, 0.29) is 11.0 Å². The van der Waals surface area contributed by atoms with Crippen LogP contribution in [0.2, 0.25) is 5.02 Å². The van der Waals surface area contributed by atoms with Gasteiger partial charge in [0.15, 0.2) is 11.8 Å². The Bertz CT molecular complexity index is 868. The lowest BCUT2D eigenvalue weighted by atomic mass is 10.3. The number of hydrogen-bond acceptors (Lipinski definition) is 4. The molecular formula is C15H12ClFN4O2. The van der Waals surface area contributed by atoms with Crippen LogP contribution in [-0.4, -0.2) is 26.6 Å². The third-order valence-corrected chi connectivity index (χ3v) is 3.44. The molecule has 0 aliphatic carbocycles. The molecule has 23 heavy (non-hydrogen) atoms. The molecule has 8 heteroatoms. The molecule has 1 N–H and O–H groups in total. The summed E-state index contributed by atoms with van der Waals surface area (Å²) in [4.78, 5) is 12.2. The summed E-state index contributed by atoms with van der Waals surface area (Å²) in [5, 5.41) is 10.5. The van der Waals surface area contributed by atoms with Gasteiger partial charge in [-0.05, 0) is 37.3 Å². The number of pyridine rings is 1. The van der Waals surface area contributed by atoms with Crippen LogP contribution < -0.4 is 10.1 Å².